The zero-order valence-corrected chi connectivity index (χ0v) is 12.6. The lowest BCUT2D eigenvalue weighted by Gasteiger charge is -2.31. The zero-order chi connectivity index (χ0) is 14.6. The summed E-state index contributed by atoms with van der Waals surface area (Å²) >= 11 is 0. The summed E-state index contributed by atoms with van der Waals surface area (Å²) in [5.41, 5.74) is -0.450. The Morgan fingerprint density at radius 1 is 1.37 bits per heavy atom. The number of esters is 1. The second-order valence-corrected chi connectivity index (χ2v) is 5.98. The molecule has 1 aliphatic rings. The van der Waals surface area contributed by atoms with Gasteiger partial charge in [0.15, 0.2) is 0 Å². The first-order chi connectivity index (χ1) is 8.81. The predicted molar refractivity (Wildman–Crippen MR) is 71.6 cm³/mol. The molecule has 1 fully saturated rings. The van der Waals surface area contributed by atoms with Gasteiger partial charge in [-0.3, -0.25) is 9.59 Å². The number of carbonyl (C=O) groups excluding carboxylic acids is 2. The van der Waals surface area contributed by atoms with E-state index in [2.05, 4.69) is 0 Å². The van der Waals surface area contributed by atoms with Gasteiger partial charge in [0.2, 0.25) is 5.91 Å². The van der Waals surface area contributed by atoms with Crippen molar-refractivity contribution in [1.29, 1.82) is 0 Å². The molecule has 0 N–H and O–H groups in total. The van der Waals surface area contributed by atoms with Crippen molar-refractivity contribution in [2.75, 3.05) is 26.8 Å². The molecule has 2 unspecified atom stereocenters. The first-order valence-corrected chi connectivity index (χ1v) is 6.79. The molecule has 0 spiro atoms. The fraction of sp³-hybridized carbons (Fsp3) is 0.857. The van der Waals surface area contributed by atoms with E-state index < -0.39 is 17.3 Å². The van der Waals surface area contributed by atoms with Crippen molar-refractivity contribution >= 4 is 11.9 Å². The van der Waals surface area contributed by atoms with E-state index in [-0.39, 0.29) is 12.0 Å². The molecule has 0 aromatic rings. The fourth-order valence-electron chi connectivity index (χ4n) is 2.35. The third-order valence-corrected chi connectivity index (χ3v) is 3.43. The predicted octanol–water partition coefficient (Wildman–Crippen LogP) is 1.46. The van der Waals surface area contributed by atoms with Crippen molar-refractivity contribution in [1.82, 2.24) is 4.90 Å². The number of hydrogen-bond acceptors (Lipinski definition) is 4. The van der Waals surface area contributed by atoms with Gasteiger partial charge in [0.1, 0.15) is 5.92 Å². The van der Waals surface area contributed by atoms with Gasteiger partial charge in [0, 0.05) is 20.2 Å². The van der Waals surface area contributed by atoms with E-state index in [0.29, 0.717) is 19.7 Å². The van der Waals surface area contributed by atoms with Gasteiger partial charge in [0.05, 0.1) is 12.7 Å². The smallest absolute Gasteiger partial charge is 0.319 e. The van der Waals surface area contributed by atoms with Crippen molar-refractivity contribution < 1.29 is 19.1 Å². The highest BCUT2D eigenvalue weighted by atomic mass is 16.5. The molecule has 1 aliphatic heterocycles. The van der Waals surface area contributed by atoms with Crippen LogP contribution in [0, 0.1) is 11.3 Å². The van der Waals surface area contributed by atoms with E-state index >= 15 is 0 Å². The van der Waals surface area contributed by atoms with Gasteiger partial charge < -0.3 is 14.4 Å². The molecule has 110 valence electrons. The van der Waals surface area contributed by atoms with Gasteiger partial charge in [-0.1, -0.05) is 20.8 Å². The summed E-state index contributed by atoms with van der Waals surface area (Å²) in [4.78, 5) is 26.3. The quantitative estimate of drug-likeness (QED) is 0.574. The topological polar surface area (TPSA) is 55.8 Å². The lowest BCUT2D eigenvalue weighted by Crippen LogP contribution is -2.45. The summed E-state index contributed by atoms with van der Waals surface area (Å²) in [5, 5.41) is 0. The Morgan fingerprint density at radius 3 is 2.42 bits per heavy atom. The number of ether oxygens (including phenoxy) is 2. The second kappa shape index (κ2) is 6.37. The van der Waals surface area contributed by atoms with Crippen LogP contribution in [0.15, 0.2) is 0 Å². The number of rotatable bonds is 4. The summed E-state index contributed by atoms with van der Waals surface area (Å²) < 4.78 is 10.3. The van der Waals surface area contributed by atoms with E-state index in [9.17, 15) is 9.59 Å². The first kappa shape index (κ1) is 16.0. The third kappa shape index (κ3) is 3.93. The van der Waals surface area contributed by atoms with Crippen molar-refractivity contribution in [3.8, 4) is 0 Å². The van der Waals surface area contributed by atoms with Gasteiger partial charge in [-0.15, -0.1) is 0 Å². The number of hydrogen-bond donors (Lipinski definition) is 0. The first-order valence-electron chi connectivity index (χ1n) is 6.79. The maximum absolute atomic E-state index is 12.5. The summed E-state index contributed by atoms with van der Waals surface area (Å²) in [6.45, 7) is 8.89. The second-order valence-electron chi connectivity index (χ2n) is 5.98. The monoisotopic (exact) mass is 271 g/mol. The Hall–Kier alpha value is -1.10. The van der Waals surface area contributed by atoms with E-state index in [0.717, 1.165) is 6.42 Å². The number of carbonyl (C=O) groups is 2. The Morgan fingerprint density at radius 2 is 2.00 bits per heavy atom. The Labute approximate surface area is 115 Å². The lowest BCUT2D eigenvalue weighted by molar-refractivity contribution is -0.160. The molecule has 0 bridgehead atoms. The molecule has 19 heavy (non-hydrogen) atoms. The molecule has 2 atom stereocenters. The summed E-state index contributed by atoms with van der Waals surface area (Å²) in [5.74, 6) is -1.32. The maximum atomic E-state index is 12.5. The standard InChI is InChI=1S/C14H25NO4/c1-6-19-13(17)11(14(2,3)4)12(16)15-8-7-10(9-15)18-5/h10-11H,6-9H2,1-5H3. The molecule has 1 heterocycles. The molecule has 0 aromatic heterocycles. The van der Waals surface area contributed by atoms with Crippen LogP contribution >= 0.6 is 0 Å². The number of methoxy groups -OCH3 is 1. The van der Waals surface area contributed by atoms with Gasteiger partial charge in [-0.25, -0.2) is 0 Å². The molecule has 0 radical (unpaired) electrons. The number of nitrogens with zero attached hydrogens (tertiary/aromatic N) is 1. The Bertz CT molecular complexity index is 335. The molecular formula is C14H25NO4. The Balaban J connectivity index is 2.81. The average Bonchev–Trinajstić information content (AvgIpc) is 2.75. The van der Waals surface area contributed by atoms with E-state index in [1.807, 2.05) is 20.8 Å². The number of amides is 1. The molecule has 0 saturated carbocycles. The molecular weight excluding hydrogens is 246 g/mol. The number of likely N-dealkylation sites (tertiary alicyclic amines) is 1. The van der Waals surface area contributed by atoms with Crippen LogP contribution in [-0.2, 0) is 19.1 Å². The normalized spacial score (nSPS) is 21.3. The minimum Gasteiger partial charge on any atom is -0.465 e. The molecule has 0 aliphatic carbocycles. The van der Waals surface area contributed by atoms with Crippen LogP contribution in [0.1, 0.15) is 34.1 Å². The van der Waals surface area contributed by atoms with Crippen molar-refractivity contribution in [2.24, 2.45) is 11.3 Å². The zero-order valence-electron chi connectivity index (χ0n) is 12.6. The highest BCUT2D eigenvalue weighted by Crippen LogP contribution is 2.30. The molecule has 1 saturated heterocycles. The summed E-state index contributed by atoms with van der Waals surface area (Å²) in [7, 11) is 1.64. The molecule has 1 rings (SSSR count). The van der Waals surface area contributed by atoms with Crippen LogP contribution in [0.3, 0.4) is 0 Å². The van der Waals surface area contributed by atoms with Crippen LogP contribution < -0.4 is 0 Å². The van der Waals surface area contributed by atoms with Crippen LogP contribution in [0.4, 0.5) is 0 Å². The minimum absolute atomic E-state index is 0.0757. The minimum atomic E-state index is -0.747. The van der Waals surface area contributed by atoms with Crippen LogP contribution in [0.25, 0.3) is 0 Å². The molecule has 1 amide bonds. The Kier molecular flexibility index (Phi) is 5.35. The average molecular weight is 271 g/mol. The SMILES string of the molecule is CCOC(=O)C(C(=O)N1CCC(OC)C1)C(C)(C)C. The van der Waals surface area contributed by atoms with Gasteiger partial charge in [-0.05, 0) is 18.8 Å². The fourth-order valence-corrected chi connectivity index (χ4v) is 2.35. The van der Waals surface area contributed by atoms with Crippen LogP contribution in [-0.4, -0.2) is 49.7 Å². The van der Waals surface area contributed by atoms with Gasteiger partial charge in [0.25, 0.3) is 0 Å². The van der Waals surface area contributed by atoms with Crippen LogP contribution in [0.5, 0.6) is 0 Å². The molecule has 5 nitrogen and oxygen atoms in total. The summed E-state index contributed by atoms with van der Waals surface area (Å²) in [6.07, 6.45) is 0.897. The van der Waals surface area contributed by atoms with Gasteiger partial charge in [-0.2, -0.15) is 0 Å². The molecule has 0 aromatic carbocycles. The van der Waals surface area contributed by atoms with E-state index in [1.54, 1.807) is 18.9 Å². The van der Waals surface area contributed by atoms with E-state index in [1.165, 1.54) is 0 Å². The lowest BCUT2D eigenvalue weighted by atomic mass is 9.80. The van der Waals surface area contributed by atoms with E-state index in [4.69, 9.17) is 9.47 Å². The van der Waals surface area contributed by atoms with Gasteiger partial charge >= 0.3 is 5.97 Å². The largest absolute Gasteiger partial charge is 0.465 e. The van der Waals surface area contributed by atoms with Crippen molar-refractivity contribution in [3.63, 3.8) is 0 Å². The summed E-state index contributed by atoms with van der Waals surface area (Å²) in [6, 6.07) is 0. The van der Waals surface area contributed by atoms with Crippen LogP contribution in [0.2, 0.25) is 0 Å². The maximum Gasteiger partial charge on any atom is 0.319 e. The highest BCUT2D eigenvalue weighted by molar-refractivity contribution is 5.98. The van der Waals surface area contributed by atoms with Crippen molar-refractivity contribution in [3.05, 3.63) is 0 Å². The third-order valence-electron chi connectivity index (χ3n) is 3.43. The molecule has 5 heteroatoms. The highest BCUT2D eigenvalue weighted by Gasteiger charge is 2.42. The van der Waals surface area contributed by atoms with Crippen molar-refractivity contribution in [2.45, 2.75) is 40.2 Å².